The maximum absolute atomic E-state index is 12.8. The van der Waals surface area contributed by atoms with Crippen LogP contribution in [0.15, 0.2) is 53.4 Å². The van der Waals surface area contributed by atoms with Crippen molar-refractivity contribution in [2.75, 3.05) is 4.90 Å². The van der Waals surface area contributed by atoms with Gasteiger partial charge in [-0.25, -0.2) is 0 Å². The molecule has 0 saturated heterocycles. The minimum atomic E-state index is -0.479. The molecule has 5 heteroatoms. The number of nitrogens with two attached hydrogens (primary N) is 1. The maximum Gasteiger partial charge on any atom is 0.245 e. The molecule has 112 valence electrons. The second-order valence-corrected chi connectivity index (χ2v) is 6.50. The largest absolute Gasteiger partial charge is 0.370 e. The van der Waals surface area contributed by atoms with Crippen molar-refractivity contribution < 1.29 is 9.59 Å². The smallest absolute Gasteiger partial charge is 0.245 e. The van der Waals surface area contributed by atoms with Crippen molar-refractivity contribution >= 4 is 35.0 Å². The normalized spacial score (nSPS) is 17.2. The van der Waals surface area contributed by atoms with Gasteiger partial charge >= 0.3 is 0 Å². The van der Waals surface area contributed by atoms with Crippen molar-refractivity contribution in [1.29, 1.82) is 0 Å². The number of primary amides is 1. The van der Waals surface area contributed by atoms with E-state index in [0.29, 0.717) is 0 Å². The number of amides is 2. The molecule has 1 atom stereocenters. The molecule has 4 nitrogen and oxygen atoms in total. The van der Waals surface area contributed by atoms with E-state index in [1.54, 1.807) is 4.90 Å². The highest BCUT2D eigenvalue weighted by molar-refractivity contribution is 8.01. The van der Waals surface area contributed by atoms with Gasteiger partial charge in [-0.3, -0.25) is 14.5 Å². The molecular formula is C17H16N2O2S. The van der Waals surface area contributed by atoms with Gasteiger partial charge in [-0.1, -0.05) is 24.3 Å². The Morgan fingerprint density at radius 1 is 1.23 bits per heavy atom. The molecule has 2 amide bonds. The van der Waals surface area contributed by atoms with Crippen LogP contribution in [-0.2, 0) is 9.59 Å². The van der Waals surface area contributed by atoms with Gasteiger partial charge < -0.3 is 5.73 Å². The van der Waals surface area contributed by atoms with Crippen molar-refractivity contribution in [2.24, 2.45) is 5.73 Å². The molecule has 0 aromatic heterocycles. The number of hydrogen-bond donors (Lipinski definition) is 1. The lowest BCUT2D eigenvalue weighted by Gasteiger charge is -2.33. The summed E-state index contributed by atoms with van der Waals surface area (Å²) in [6, 6.07) is 15.5. The van der Waals surface area contributed by atoms with Crippen molar-refractivity contribution in [1.82, 2.24) is 0 Å². The maximum atomic E-state index is 12.8. The Bertz CT molecular complexity index is 745. The van der Waals surface area contributed by atoms with Gasteiger partial charge in [-0.2, -0.15) is 0 Å². The van der Waals surface area contributed by atoms with Crippen molar-refractivity contribution in [2.45, 2.75) is 23.5 Å². The minimum absolute atomic E-state index is 0.0418. The zero-order valence-electron chi connectivity index (χ0n) is 12.2. The number of hydrogen-bond acceptors (Lipinski definition) is 3. The summed E-state index contributed by atoms with van der Waals surface area (Å²) < 4.78 is 0. The number of para-hydroxylation sites is 1. The number of rotatable bonds is 3. The summed E-state index contributed by atoms with van der Waals surface area (Å²) in [5.41, 5.74) is 8.03. The lowest BCUT2D eigenvalue weighted by atomic mass is 10.1. The molecular weight excluding hydrogens is 296 g/mol. The Morgan fingerprint density at radius 2 is 2.00 bits per heavy atom. The van der Waals surface area contributed by atoms with Gasteiger partial charge in [0.2, 0.25) is 11.8 Å². The van der Waals surface area contributed by atoms with Crippen LogP contribution in [-0.4, -0.2) is 17.1 Å². The molecule has 2 aromatic carbocycles. The molecule has 0 spiro atoms. The third-order valence-electron chi connectivity index (χ3n) is 3.52. The first kappa shape index (κ1) is 14.7. The van der Waals surface area contributed by atoms with Crippen LogP contribution in [0.3, 0.4) is 0 Å². The molecule has 0 saturated carbocycles. The molecule has 3 rings (SSSR count). The third-order valence-corrected chi connectivity index (χ3v) is 4.77. The van der Waals surface area contributed by atoms with Crippen LogP contribution in [0.1, 0.15) is 12.0 Å². The van der Waals surface area contributed by atoms with Gasteiger partial charge in [0, 0.05) is 17.0 Å². The van der Waals surface area contributed by atoms with Gasteiger partial charge in [0.15, 0.2) is 0 Å². The standard InChI is InChI=1S/C17H16N2O2S/c1-11-5-4-6-12(9-11)19-13-7-2-3-8-14(13)22-15(17(19)21)10-16(18)20/h2-9,15H,10H2,1H3,(H2,18,20). The molecule has 1 heterocycles. The number of carbonyl (C=O) groups is 2. The summed E-state index contributed by atoms with van der Waals surface area (Å²) in [4.78, 5) is 26.8. The van der Waals surface area contributed by atoms with Gasteiger partial charge in [0.05, 0.1) is 10.9 Å². The zero-order chi connectivity index (χ0) is 15.7. The molecule has 2 aromatic rings. The fourth-order valence-electron chi connectivity index (χ4n) is 2.55. The zero-order valence-corrected chi connectivity index (χ0v) is 13.0. The van der Waals surface area contributed by atoms with Crippen molar-refractivity contribution in [3.05, 3.63) is 54.1 Å². The predicted molar refractivity (Wildman–Crippen MR) is 88.2 cm³/mol. The molecule has 0 fully saturated rings. The Balaban J connectivity index is 2.09. The molecule has 1 unspecified atom stereocenters. The Morgan fingerprint density at radius 3 is 2.73 bits per heavy atom. The fraction of sp³-hybridized carbons (Fsp3) is 0.176. The van der Waals surface area contributed by atoms with E-state index in [9.17, 15) is 9.59 Å². The highest BCUT2D eigenvalue weighted by Gasteiger charge is 2.35. The number of nitrogens with zero attached hydrogens (tertiary/aromatic N) is 1. The SMILES string of the molecule is Cc1cccc(N2C(=O)C(CC(N)=O)Sc3ccccc32)c1. The van der Waals surface area contributed by atoms with E-state index in [1.165, 1.54) is 11.8 Å². The quantitative estimate of drug-likeness (QED) is 0.947. The van der Waals surface area contributed by atoms with E-state index in [-0.39, 0.29) is 12.3 Å². The van der Waals surface area contributed by atoms with Gasteiger partial charge in [-0.05, 0) is 36.8 Å². The first-order valence-corrected chi connectivity index (χ1v) is 7.89. The second-order valence-electron chi connectivity index (χ2n) is 5.26. The lowest BCUT2D eigenvalue weighted by molar-refractivity contribution is -0.122. The van der Waals surface area contributed by atoms with Crippen LogP contribution in [0.4, 0.5) is 11.4 Å². The number of thioether (sulfide) groups is 1. The van der Waals surface area contributed by atoms with E-state index in [2.05, 4.69) is 0 Å². The topological polar surface area (TPSA) is 63.4 Å². The van der Waals surface area contributed by atoms with Crippen LogP contribution in [0.2, 0.25) is 0 Å². The minimum Gasteiger partial charge on any atom is -0.370 e. The molecule has 1 aliphatic rings. The molecule has 1 aliphatic heterocycles. The average Bonchev–Trinajstić information content (AvgIpc) is 2.47. The highest BCUT2D eigenvalue weighted by Crippen LogP contribution is 2.43. The molecule has 0 aliphatic carbocycles. The Hall–Kier alpha value is -2.27. The molecule has 0 bridgehead atoms. The van der Waals surface area contributed by atoms with Crippen molar-refractivity contribution in [3.63, 3.8) is 0 Å². The number of fused-ring (bicyclic) bond motifs is 1. The summed E-state index contributed by atoms with van der Waals surface area (Å²) in [5, 5.41) is -0.479. The van der Waals surface area contributed by atoms with E-state index in [4.69, 9.17) is 5.73 Å². The Labute approximate surface area is 133 Å². The summed E-state index contributed by atoms with van der Waals surface area (Å²) in [5.74, 6) is -0.567. The van der Waals surface area contributed by atoms with E-state index < -0.39 is 11.2 Å². The number of carbonyl (C=O) groups excluding carboxylic acids is 2. The summed E-state index contributed by atoms with van der Waals surface area (Å²) in [6.07, 6.45) is 0.0418. The summed E-state index contributed by atoms with van der Waals surface area (Å²) >= 11 is 1.40. The second kappa shape index (κ2) is 5.85. The van der Waals surface area contributed by atoms with Crippen molar-refractivity contribution in [3.8, 4) is 0 Å². The highest BCUT2D eigenvalue weighted by atomic mass is 32.2. The van der Waals surface area contributed by atoms with Crippen LogP contribution in [0, 0.1) is 6.92 Å². The van der Waals surface area contributed by atoms with Gasteiger partial charge in [0.25, 0.3) is 0 Å². The number of aryl methyl sites for hydroxylation is 1. The van der Waals surface area contributed by atoms with Crippen LogP contribution >= 0.6 is 11.8 Å². The van der Waals surface area contributed by atoms with E-state index >= 15 is 0 Å². The molecule has 22 heavy (non-hydrogen) atoms. The summed E-state index contributed by atoms with van der Waals surface area (Å²) in [7, 11) is 0. The lowest BCUT2D eigenvalue weighted by Crippen LogP contribution is -2.39. The Kier molecular flexibility index (Phi) is 3.90. The van der Waals surface area contributed by atoms with Crippen LogP contribution in [0.25, 0.3) is 0 Å². The first-order valence-electron chi connectivity index (χ1n) is 7.01. The molecule has 0 radical (unpaired) electrons. The monoisotopic (exact) mass is 312 g/mol. The van der Waals surface area contributed by atoms with Crippen LogP contribution < -0.4 is 10.6 Å². The summed E-state index contributed by atoms with van der Waals surface area (Å²) in [6.45, 7) is 1.99. The average molecular weight is 312 g/mol. The van der Waals surface area contributed by atoms with E-state index in [0.717, 1.165) is 21.8 Å². The predicted octanol–water partition coefficient (Wildman–Crippen LogP) is 3.01. The van der Waals surface area contributed by atoms with Gasteiger partial charge in [-0.15, -0.1) is 11.8 Å². The first-order chi connectivity index (χ1) is 10.6. The number of anilines is 2. The number of benzene rings is 2. The van der Waals surface area contributed by atoms with Crippen LogP contribution in [0.5, 0.6) is 0 Å². The third kappa shape index (κ3) is 2.72. The van der Waals surface area contributed by atoms with Gasteiger partial charge in [0.1, 0.15) is 0 Å². The molecule has 2 N–H and O–H groups in total. The fourth-order valence-corrected chi connectivity index (χ4v) is 3.75. The van der Waals surface area contributed by atoms with E-state index in [1.807, 2.05) is 55.5 Å².